The Balaban J connectivity index is 2.48. The first-order valence-electron chi connectivity index (χ1n) is 4.08. The van der Waals surface area contributed by atoms with Crippen LogP contribution in [0.5, 0.6) is 0 Å². The molecule has 1 rings (SSSR count). The third-order valence-corrected chi connectivity index (χ3v) is 3.46. The van der Waals surface area contributed by atoms with E-state index in [-0.39, 0.29) is 0 Å². The number of hydrogen-bond acceptors (Lipinski definition) is 2. The summed E-state index contributed by atoms with van der Waals surface area (Å²) >= 11 is 4.22. The van der Waals surface area contributed by atoms with Crippen molar-refractivity contribution in [3.05, 3.63) is 24.3 Å². The van der Waals surface area contributed by atoms with Crippen LogP contribution in [-0.4, -0.2) is 15.9 Å². The molecule has 0 spiro atoms. The molecule has 0 atom stereocenters. The van der Waals surface area contributed by atoms with E-state index in [0.29, 0.717) is 6.10 Å². The van der Waals surface area contributed by atoms with Crippen molar-refractivity contribution in [1.82, 2.24) is 0 Å². The number of thiol groups is 1. The summed E-state index contributed by atoms with van der Waals surface area (Å²) in [7, 11) is -0.509. The second-order valence-corrected chi connectivity index (χ2v) is 4.98. The Kier molecular flexibility index (Phi) is 3.85. The lowest BCUT2D eigenvalue weighted by Crippen LogP contribution is -2.20. The molecule has 0 aliphatic heterocycles. The van der Waals surface area contributed by atoms with E-state index in [1.807, 2.05) is 12.1 Å². The lowest BCUT2D eigenvalue weighted by atomic mass is 10.4. The smallest absolute Gasteiger partial charge is 0.192 e. The van der Waals surface area contributed by atoms with Gasteiger partial charge in [-0.3, -0.25) is 0 Å². The Morgan fingerprint density at radius 3 is 2.33 bits per heavy atom. The van der Waals surface area contributed by atoms with E-state index in [1.165, 1.54) is 5.19 Å². The topological polar surface area (TPSA) is 9.23 Å². The molecule has 0 fully saturated rings. The molecule has 0 saturated carbocycles. The molecule has 0 aliphatic rings. The van der Waals surface area contributed by atoms with Crippen molar-refractivity contribution in [3.8, 4) is 0 Å². The molecule has 1 nitrogen and oxygen atoms in total. The highest BCUT2D eigenvalue weighted by atomic mass is 32.1. The van der Waals surface area contributed by atoms with Gasteiger partial charge in [-0.05, 0) is 31.2 Å². The van der Waals surface area contributed by atoms with Crippen LogP contribution in [0.3, 0.4) is 0 Å². The van der Waals surface area contributed by atoms with Crippen LogP contribution in [0, 0.1) is 0 Å². The Morgan fingerprint density at radius 2 is 1.83 bits per heavy atom. The Labute approximate surface area is 81.5 Å². The SMILES string of the molecule is CC(C)O[SiH2]c1ccc(S)cc1. The Hall–Kier alpha value is -0.253. The second kappa shape index (κ2) is 4.69. The van der Waals surface area contributed by atoms with Crippen LogP contribution in [0.25, 0.3) is 0 Å². The molecule has 1 aromatic rings. The van der Waals surface area contributed by atoms with E-state index >= 15 is 0 Å². The molecule has 0 bridgehead atoms. The van der Waals surface area contributed by atoms with Crippen LogP contribution in [0.1, 0.15) is 13.8 Å². The van der Waals surface area contributed by atoms with Crippen molar-refractivity contribution in [2.45, 2.75) is 24.8 Å². The molecule has 0 radical (unpaired) electrons. The largest absolute Gasteiger partial charge is 0.416 e. The third-order valence-electron chi connectivity index (χ3n) is 1.52. The minimum absolute atomic E-state index is 0.354. The summed E-state index contributed by atoms with van der Waals surface area (Å²) in [6, 6.07) is 8.21. The molecule has 1 aromatic carbocycles. The van der Waals surface area contributed by atoms with E-state index in [2.05, 4.69) is 38.6 Å². The minimum atomic E-state index is -0.509. The average molecular weight is 198 g/mol. The maximum absolute atomic E-state index is 5.58. The van der Waals surface area contributed by atoms with Crippen LogP contribution in [0.2, 0.25) is 0 Å². The lowest BCUT2D eigenvalue weighted by molar-refractivity contribution is 0.260. The number of hydrogen-bond donors (Lipinski definition) is 1. The standard InChI is InChI=1S/C9H14OSSi/c1-7(2)10-12-9-5-3-8(11)4-6-9/h3-7,11H,12H2,1-2H3. The van der Waals surface area contributed by atoms with E-state index in [9.17, 15) is 0 Å². The van der Waals surface area contributed by atoms with Gasteiger partial charge >= 0.3 is 0 Å². The zero-order chi connectivity index (χ0) is 8.97. The van der Waals surface area contributed by atoms with Crippen molar-refractivity contribution in [1.29, 1.82) is 0 Å². The van der Waals surface area contributed by atoms with Crippen LogP contribution in [0.4, 0.5) is 0 Å². The maximum atomic E-state index is 5.58. The zero-order valence-electron chi connectivity index (χ0n) is 7.45. The van der Waals surface area contributed by atoms with Crippen molar-refractivity contribution in [3.63, 3.8) is 0 Å². The first-order chi connectivity index (χ1) is 5.68. The van der Waals surface area contributed by atoms with Gasteiger partial charge in [-0.15, -0.1) is 12.6 Å². The van der Waals surface area contributed by atoms with Crippen LogP contribution < -0.4 is 5.19 Å². The Morgan fingerprint density at radius 1 is 1.25 bits per heavy atom. The molecule has 3 heteroatoms. The van der Waals surface area contributed by atoms with Gasteiger partial charge in [-0.1, -0.05) is 12.1 Å². The Bertz CT molecular complexity index is 233. The zero-order valence-corrected chi connectivity index (χ0v) is 9.76. The molecular weight excluding hydrogens is 184 g/mol. The predicted molar refractivity (Wildman–Crippen MR) is 58.1 cm³/mol. The van der Waals surface area contributed by atoms with Crippen LogP contribution in [-0.2, 0) is 4.43 Å². The van der Waals surface area contributed by atoms with Gasteiger partial charge in [0.1, 0.15) is 0 Å². The summed E-state index contributed by atoms with van der Waals surface area (Å²) in [6.45, 7) is 4.14. The van der Waals surface area contributed by atoms with Crippen molar-refractivity contribution in [2.75, 3.05) is 0 Å². The van der Waals surface area contributed by atoms with Crippen molar-refractivity contribution in [2.24, 2.45) is 0 Å². The predicted octanol–water partition coefficient (Wildman–Crippen LogP) is 1.11. The molecular formula is C9H14OSSi. The summed E-state index contributed by atoms with van der Waals surface area (Å²) in [6.07, 6.45) is 0.354. The molecule has 0 amide bonds. The van der Waals surface area contributed by atoms with Gasteiger partial charge in [0, 0.05) is 11.0 Å². The van der Waals surface area contributed by atoms with Gasteiger partial charge in [0.25, 0.3) is 0 Å². The highest BCUT2D eigenvalue weighted by Crippen LogP contribution is 2.00. The number of benzene rings is 1. The molecule has 12 heavy (non-hydrogen) atoms. The molecule has 0 aliphatic carbocycles. The van der Waals surface area contributed by atoms with Gasteiger partial charge in [0.2, 0.25) is 0 Å². The fourth-order valence-electron chi connectivity index (χ4n) is 0.855. The summed E-state index contributed by atoms with van der Waals surface area (Å²) in [4.78, 5) is 1.01. The normalized spacial score (nSPS) is 11.7. The van der Waals surface area contributed by atoms with Gasteiger partial charge < -0.3 is 4.43 Å². The first kappa shape index (κ1) is 9.83. The van der Waals surface area contributed by atoms with Crippen molar-refractivity contribution >= 4 is 27.6 Å². The summed E-state index contributed by atoms with van der Waals surface area (Å²) in [5, 5.41) is 1.33. The quantitative estimate of drug-likeness (QED) is 0.565. The van der Waals surface area contributed by atoms with Gasteiger partial charge in [-0.25, -0.2) is 0 Å². The second-order valence-electron chi connectivity index (χ2n) is 3.03. The molecule has 0 heterocycles. The molecule has 66 valence electrons. The number of rotatable bonds is 3. The van der Waals surface area contributed by atoms with Gasteiger partial charge in [0.15, 0.2) is 9.76 Å². The summed E-state index contributed by atoms with van der Waals surface area (Å²) in [5.74, 6) is 0. The first-order valence-corrected chi connectivity index (χ1v) is 5.81. The molecule has 0 N–H and O–H groups in total. The highest BCUT2D eigenvalue weighted by molar-refractivity contribution is 7.80. The van der Waals surface area contributed by atoms with Gasteiger partial charge in [-0.2, -0.15) is 0 Å². The molecule has 0 aromatic heterocycles. The fourth-order valence-corrected chi connectivity index (χ4v) is 1.96. The summed E-state index contributed by atoms with van der Waals surface area (Å²) < 4.78 is 5.58. The highest BCUT2D eigenvalue weighted by Gasteiger charge is 1.96. The molecule has 0 unspecified atom stereocenters. The van der Waals surface area contributed by atoms with Gasteiger partial charge in [0.05, 0.1) is 0 Å². The average Bonchev–Trinajstić information content (AvgIpc) is 2.03. The maximum Gasteiger partial charge on any atom is 0.192 e. The van der Waals surface area contributed by atoms with Crippen LogP contribution in [0.15, 0.2) is 29.2 Å². The summed E-state index contributed by atoms with van der Waals surface area (Å²) in [5.41, 5.74) is 0. The lowest BCUT2D eigenvalue weighted by Gasteiger charge is -2.06. The van der Waals surface area contributed by atoms with Crippen LogP contribution >= 0.6 is 12.6 Å². The molecule has 0 saturated heterocycles. The minimum Gasteiger partial charge on any atom is -0.416 e. The van der Waals surface area contributed by atoms with E-state index < -0.39 is 9.76 Å². The van der Waals surface area contributed by atoms with E-state index in [4.69, 9.17) is 4.43 Å². The monoisotopic (exact) mass is 198 g/mol. The van der Waals surface area contributed by atoms with E-state index in [1.54, 1.807) is 0 Å². The third kappa shape index (κ3) is 3.43. The fraction of sp³-hybridized carbons (Fsp3) is 0.333. The van der Waals surface area contributed by atoms with E-state index in [0.717, 1.165) is 4.90 Å². The van der Waals surface area contributed by atoms with Crippen molar-refractivity contribution < 1.29 is 4.43 Å².